The summed E-state index contributed by atoms with van der Waals surface area (Å²) in [4.78, 5) is 11.1. The van der Waals surface area contributed by atoms with Crippen molar-refractivity contribution in [2.24, 2.45) is 5.92 Å². The van der Waals surface area contributed by atoms with E-state index in [4.69, 9.17) is 4.74 Å². The molecule has 0 bridgehead atoms. The summed E-state index contributed by atoms with van der Waals surface area (Å²) >= 11 is 0. The summed E-state index contributed by atoms with van der Waals surface area (Å²) < 4.78 is 19.9. The fourth-order valence-corrected chi connectivity index (χ4v) is 2.23. The van der Waals surface area contributed by atoms with Crippen molar-refractivity contribution < 1.29 is 13.9 Å². The molecule has 3 heteroatoms. The molecule has 0 saturated carbocycles. The van der Waals surface area contributed by atoms with Crippen LogP contribution in [0.2, 0.25) is 0 Å². The number of benzene rings is 1. The van der Waals surface area contributed by atoms with E-state index in [0.717, 1.165) is 6.42 Å². The van der Waals surface area contributed by atoms with Gasteiger partial charge >= 0.3 is 0 Å². The van der Waals surface area contributed by atoms with Gasteiger partial charge in [0.1, 0.15) is 5.67 Å². The number of carbonyl (C=O) groups is 1. The van der Waals surface area contributed by atoms with E-state index in [-0.39, 0.29) is 11.7 Å². The molecule has 1 heterocycles. The Balaban J connectivity index is 2.23. The standard InChI is InChI=1S/C14H17FO2/c1-10(16)11-3-5-12(6-4-11)14(2,15)13-7-8-17-9-13/h3-6,13H,7-9H2,1-2H3. The van der Waals surface area contributed by atoms with Gasteiger partial charge < -0.3 is 4.74 Å². The molecule has 1 fully saturated rings. The maximum Gasteiger partial charge on any atom is 0.159 e. The lowest BCUT2D eigenvalue weighted by molar-refractivity contribution is 0.0823. The Morgan fingerprint density at radius 3 is 2.53 bits per heavy atom. The van der Waals surface area contributed by atoms with Crippen LogP contribution in [-0.4, -0.2) is 19.0 Å². The van der Waals surface area contributed by atoms with E-state index in [1.165, 1.54) is 6.92 Å². The van der Waals surface area contributed by atoms with Crippen LogP contribution in [0.1, 0.15) is 36.2 Å². The third kappa shape index (κ3) is 2.39. The molecule has 17 heavy (non-hydrogen) atoms. The highest BCUT2D eigenvalue weighted by molar-refractivity contribution is 5.94. The predicted octanol–water partition coefficient (Wildman–Crippen LogP) is 3.11. The Labute approximate surface area is 101 Å². The first kappa shape index (κ1) is 12.2. The molecule has 0 N–H and O–H groups in total. The van der Waals surface area contributed by atoms with Gasteiger partial charge in [-0.25, -0.2) is 4.39 Å². The maximum atomic E-state index is 14.7. The second-order valence-electron chi connectivity index (χ2n) is 4.77. The first-order valence-corrected chi connectivity index (χ1v) is 5.90. The average Bonchev–Trinajstić information content (AvgIpc) is 2.83. The number of halogens is 1. The van der Waals surface area contributed by atoms with Gasteiger partial charge in [0.25, 0.3) is 0 Å². The molecule has 2 unspecified atom stereocenters. The van der Waals surface area contributed by atoms with Gasteiger partial charge in [0, 0.05) is 18.1 Å². The lowest BCUT2D eigenvalue weighted by atomic mass is 9.83. The van der Waals surface area contributed by atoms with Crippen molar-refractivity contribution in [2.45, 2.75) is 25.9 Å². The highest BCUT2D eigenvalue weighted by Crippen LogP contribution is 2.38. The number of hydrogen-bond acceptors (Lipinski definition) is 2. The number of alkyl halides is 1. The van der Waals surface area contributed by atoms with E-state index >= 15 is 0 Å². The van der Waals surface area contributed by atoms with Crippen molar-refractivity contribution >= 4 is 5.78 Å². The minimum atomic E-state index is -1.38. The van der Waals surface area contributed by atoms with Crippen LogP contribution in [0.5, 0.6) is 0 Å². The molecule has 92 valence electrons. The van der Waals surface area contributed by atoms with Gasteiger partial charge in [0.05, 0.1) is 6.61 Å². The number of Topliss-reactive ketones (excluding diaryl/α,β-unsaturated/α-hetero) is 1. The molecule has 0 amide bonds. The van der Waals surface area contributed by atoms with Crippen molar-refractivity contribution in [1.29, 1.82) is 0 Å². The normalized spacial score (nSPS) is 23.4. The van der Waals surface area contributed by atoms with Gasteiger partial charge in [-0.3, -0.25) is 4.79 Å². The van der Waals surface area contributed by atoms with E-state index in [1.54, 1.807) is 31.2 Å². The topological polar surface area (TPSA) is 26.3 Å². The van der Waals surface area contributed by atoms with Crippen LogP contribution >= 0.6 is 0 Å². The summed E-state index contributed by atoms with van der Waals surface area (Å²) in [6.07, 6.45) is 0.751. The fourth-order valence-electron chi connectivity index (χ4n) is 2.23. The zero-order chi connectivity index (χ0) is 12.5. The molecule has 0 spiro atoms. The molecule has 1 aromatic rings. The molecule has 2 atom stereocenters. The summed E-state index contributed by atoms with van der Waals surface area (Å²) in [5, 5.41) is 0. The third-order valence-electron chi connectivity index (χ3n) is 3.55. The van der Waals surface area contributed by atoms with Crippen LogP contribution in [0.25, 0.3) is 0 Å². The SMILES string of the molecule is CC(=O)c1ccc(C(C)(F)C2CCOC2)cc1. The molecule has 1 aromatic carbocycles. The van der Waals surface area contributed by atoms with Crippen LogP contribution in [0.15, 0.2) is 24.3 Å². The second-order valence-corrected chi connectivity index (χ2v) is 4.77. The predicted molar refractivity (Wildman–Crippen MR) is 63.8 cm³/mol. The van der Waals surface area contributed by atoms with Crippen LogP contribution < -0.4 is 0 Å². The Morgan fingerprint density at radius 1 is 1.41 bits per heavy atom. The van der Waals surface area contributed by atoms with E-state index < -0.39 is 5.67 Å². The van der Waals surface area contributed by atoms with Gasteiger partial charge in [-0.2, -0.15) is 0 Å². The van der Waals surface area contributed by atoms with Crippen LogP contribution in [0, 0.1) is 5.92 Å². The van der Waals surface area contributed by atoms with Crippen LogP contribution in [0.3, 0.4) is 0 Å². The summed E-state index contributed by atoms with van der Waals surface area (Å²) in [6, 6.07) is 6.78. The largest absolute Gasteiger partial charge is 0.381 e. The lowest BCUT2D eigenvalue weighted by Gasteiger charge is -2.26. The van der Waals surface area contributed by atoms with E-state index in [2.05, 4.69) is 0 Å². The minimum absolute atomic E-state index is 0.00121. The number of hydrogen-bond donors (Lipinski definition) is 0. The second kappa shape index (κ2) is 4.57. The molecular weight excluding hydrogens is 219 g/mol. The summed E-state index contributed by atoms with van der Waals surface area (Å²) in [7, 11) is 0. The van der Waals surface area contributed by atoms with E-state index in [1.807, 2.05) is 0 Å². The first-order valence-electron chi connectivity index (χ1n) is 5.90. The molecule has 0 aliphatic carbocycles. The zero-order valence-corrected chi connectivity index (χ0v) is 10.2. The van der Waals surface area contributed by atoms with Crippen molar-refractivity contribution in [3.05, 3.63) is 35.4 Å². The van der Waals surface area contributed by atoms with Crippen molar-refractivity contribution in [1.82, 2.24) is 0 Å². The third-order valence-corrected chi connectivity index (χ3v) is 3.55. The Hall–Kier alpha value is -1.22. The number of rotatable bonds is 3. The summed E-state index contributed by atoms with van der Waals surface area (Å²) in [6.45, 7) is 4.21. The van der Waals surface area contributed by atoms with Crippen LogP contribution in [0.4, 0.5) is 4.39 Å². The van der Waals surface area contributed by atoms with E-state index in [0.29, 0.717) is 24.3 Å². The van der Waals surface area contributed by atoms with Gasteiger partial charge in [0.2, 0.25) is 0 Å². The molecule has 0 radical (unpaired) electrons. The maximum absolute atomic E-state index is 14.7. The zero-order valence-electron chi connectivity index (χ0n) is 10.2. The quantitative estimate of drug-likeness (QED) is 0.754. The molecule has 1 aliphatic heterocycles. The minimum Gasteiger partial charge on any atom is -0.381 e. The molecule has 2 rings (SSSR count). The number of ketones is 1. The number of carbonyl (C=O) groups excluding carboxylic acids is 1. The smallest absolute Gasteiger partial charge is 0.159 e. The fraction of sp³-hybridized carbons (Fsp3) is 0.500. The molecule has 1 aliphatic rings. The highest BCUT2D eigenvalue weighted by Gasteiger charge is 2.38. The molecule has 2 nitrogen and oxygen atoms in total. The molecular formula is C14H17FO2. The van der Waals surface area contributed by atoms with Gasteiger partial charge in [-0.05, 0) is 25.8 Å². The summed E-state index contributed by atoms with van der Waals surface area (Å²) in [5.74, 6) is -0.0908. The average molecular weight is 236 g/mol. The Bertz CT molecular complexity index is 403. The Kier molecular flexibility index (Phi) is 3.29. The van der Waals surface area contributed by atoms with Gasteiger partial charge in [-0.1, -0.05) is 24.3 Å². The van der Waals surface area contributed by atoms with Crippen LogP contribution in [-0.2, 0) is 10.4 Å². The van der Waals surface area contributed by atoms with Crippen molar-refractivity contribution in [3.8, 4) is 0 Å². The van der Waals surface area contributed by atoms with Crippen molar-refractivity contribution in [3.63, 3.8) is 0 Å². The lowest BCUT2D eigenvalue weighted by Crippen LogP contribution is -2.27. The summed E-state index contributed by atoms with van der Waals surface area (Å²) in [5.41, 5.74) is -0.142. The molecule has 0 aromatic heterocycles. The highest BCUT2D eigenvalue weighted by atomic mass is 19.1. The first-order chi connectivity index (χ1) is 8.01. The number of ether oxygens (including phenoxy) is 1. The monoisotopic (exact) mass is 236 g/mol. The Morgan fingerprint density at radius 2 is 2.06 bits per heavy atom. The van der Waals surface area contributed by atoms with E-state index in [9.17, 15) is 9.18 Å². The molecule has 1 saturated heterocycles. The van der Waals surface area contributed by atoms with Gasteiger partial charge in [0.15, 0.2) is 5.78 Å². The van der Waals surface area contributed by atoms with Crippen molar-refractivity contribution in [2.75, 3.05) is 13.2 Å². The van der Waals surface area contributed by atoms with Gasteiger partial charge in [-0.15, -0.1) is 0 Å².